The van der Waals surface area contributed by atoms with Gasteiger partial charge in [0.1, 0.15) is 5.75 Å². The summed E-state index contributed by atoms with van der Waals surface area (Å²) in [5.74, 6) is 9.16. The van der Waals surface area contributed by atoms with Gasteiger partial charge >= 0.3 is 0 Å². The lowest BCUT2D eigenvalue weighted by atomic mass is 9.77. The Hall–Kier alpha value is -2.20. The maximum atomic E-state index is 5.48. The Bertz CT molecular complexity index is 753. The zero-order valence-corrected chi connectivity index (χ0v) is 17.5. The van der Waals surface area contributed by atoms with Crippen LogP contribution in [0.5, 0.6) is 5.75 Å². The maximum absolute atomic E-state index is 5.48. The Morgan fingerprint density at radius 3 is 1.96 bits per heavy atom. The number of ether oxygens (including phenoxy) is 1. The van der Waals surface area contributed by atoms with Crippen LogP contribution in [0.2, 0.25) is 0 Å². The summed E-state index contributed by atoms with van der Waals surface area (Å²) >= 11 is 0. The van der Waals surface area contributed by atoms with Crippen molar-refractivity contribution in [1.82, 2.24) is 0 Å². The second-order valence-corrected chi connectivity index (χ2v) is 8.04. The first-order valence-corrected chi connectivity index (χ1v) is 11.1. The van der Waals surface area contributed by atoms with Gasteiger partial charge in [0, 0.05) is 11.1 Å². The minimum absolute atomic E-state index is 0.692. The number of unbranched alkanes of at least 4 members (excludes halogenated alkanes) is 2. The standard InChI is InChI=1S/C27H34O/c1-3-5-6-7-22-10-16-25(17-11-22)26-18-12-23(13-19-26)8-9-24-14-20-27(21-15-24)28-4-2/h12-15,18-22,25H,3-7,10-11,16-17H2,1-2H3/t22-,25-. The summed E-state index contributed by atoms with van der Waals surface area (Å²) in [6, 6.07) is 17.0. The second kappa shape index (κ2) is 11.0. The molecule has 2 aromatic rings. The molecular weight excluding hydrogens is 340 g/mol. The molecule has 1 aliphatic carbocycles. The average Bonchev–Trinajstić information content (AvgIpc) is 2.75. The van der Waals surface area contributed by atoms with E-state index in [0.717, 1.165) is 28.7 Å². The molecule has 0 amide bonds. The van der Waals surface area contributed by atoms with Gasteiger partial charge in [-0.3, -0.25) is 0 Å². The van der Waals surface area contributed by atoms with Crippen LogP contribution in [0.25, 0.3) is 0 Å². The fraction of sp³-hybridized carbons (Fsp3) is 0.481. The molecule has 0 unspecified atom stereocenters. The van der Waals surface area contributed by atoms with E-state index in [4.69, 9.17) is 4.74 Å². The molecule has 0 spiro atoms. The molecule has 0 aliphatic heterocycles. The molecule has 0 N–H and O–H groups in total. The second-order valence-electron chi connectivity index (χ2n) is 8.04. The van der Waals surface area contributed by atoms with Gasteiger partial charge in [-0.05, 0) is 86.4 Å². The lowest BCUT2D eigenvalue weighted by molar-refractivity contribution is 0.303. The average molecular weight is 375 g/mol. The molecule has 3 rings (SSSR count). The normalized spacial score (nSPS) is 18.9. The molecule has 1 heteroatoms. The first-order chi connectivity index (χ1) is 13.8. The van der Waals surface area contributed by atoms with Crippen molar-refractivity contribution in [3.05, 3.63) is 65.2 Å². The Kier molecular flexibility index (Phi) is 8.04. The minimum Gasteiger partial charge on any atom is -0.494 e. The third-order valence-electron chi connectivity index (χ3n) is 5.96. The van der Waals surface area contributed by atoms with E-state index >= 15 is 0 Å². The lowest BCUT2D eigenvalue weighted by Gasteiger charge is -2.29. The largest absolute Gasteiger partial charge is 0.494 e. The van der Waals surface area contributed by atoms with Crippen molar-refractivity contribution < 1.29 is 4.74 Å². The maximum Gasteiger partial charge on any atom is 0.119 e. The van der Waals surface area contributed by atoms with Crippen molar-refractivity contribution in [3.8, 4) is 17.6 Å². The van der Waals surface area contributed by atoms with Gasteiger partial charge in [-0.1, -0.05) is 56.6 Å². The molecule has 0 bridgehead atoms. The monoisotopic (exact) mass is 374 g/mol. The van der Waals surface area contributed by atoms with Crippen LogP contribution in [-0.4, -0.2) is 6.61 Å². The van der Waals surface area contributed by atoms with E-state index in [1.807, 2.05) is 31.2 Å². The van der Waals surface area contributed by atoms with Crippen molar-refractivity contribution in [2.75, 3.05) is 6.61 Å². The van der Waals surface area contributed by atoms with Crippen LogP contribution in [0.4, 0.5) is 0 Å². The highest BCUT2D eigenvalue weighted by Crippen LogP contribution is 2.37. The molecule has 1 saturated carbocycles. The molecule has 28 heavy (non-hydrogen) atoms. The minimum atomic E-state index is 0.692. The van der Waals surface area contributed by atoms with Gasteiger partial charge in [0.05, 0.1) is 6.61 Å². The molecule has 1 aliphatic rings. The Morgan fingerprint density at radius 1 is 0.786 bits per heavy atom. The van der Waals surface area contributed by atoms with Gasteiger partial charge < -0.3 is 4.74 Å². The first kappa shape index (κ1) is 20.5. The summed E-state index contributed by atoms with van der Waals surface area (Å²) in [4.78, 5) is 0. The van der Waals surface area contributed by atoms with E-state index in [9.17, 15) is 0 Å². The smallest absolute Gasteiger partial charge is 0.119 e. The summed E-state index contributed by atoms with van der Waals surface area (Å²) in [5.41, 5.74) is 3.61. The van der Waals surface area contributed by atoms with Gasteiger partial charge in [-0.15, -0.1) is 0 Å². The van der Waals surface area contributed by atoms with Crippen molar-refractivity contribution >= 4 is 0 Å². The zero-order valence-electron chi connectivity index (χ0n) is 17.5. The number of hydrogen-bond donors (Lipinski definition) is 0. The van der Waals surface area contributed by atoms with E-state index in [0.29, 0.717) is 6.61 Å². The molecule has 1 nitrogen and oxygen atoms in total. The lowest BCUT2D eigenvalue weighted by Crippen LogP contribution is -2.13. The molecule has 0 saturated heterocycles. The van der Waals surface area contributed by atoms with Crippen LogP contribution in [0.1, 0.15) is 87.8 Å². The van der Waals surface area contributed by atoms with Crippen molar-refractivity contribution in [3.63, 3.8) is 0 Å². The highest BCUT2D eigenvalue weighted by Gasteiger charge is 2.21. The molecule has 0 aromatic heterocycles. The predicted molar refractivity (Wildman–Crippen MR) is 119 cm³/mol. The predicted octanol–water partition coefficient (Wildman–Crippen LogP) is 7.34. The summed E-state index contributed by atoms with van der Waals surface area (Å²) in [7, 11) is 0. The van der Waals surface area contributed by atoms with Crippen LogP contribution in [-0.2, 0) is 0 Å². The van der Waals surface area contributed by atoms with Crippen molar-refractivity contribution in [2.45, 2.75) is 71.1 Å². The summed E-state index contributed by atoms with van der Waals surface area (Å²) in [5, 5.41) is 0. The van der Waals surface area contributed by atoms with E-state index in [-0.39, 0.29) is 0 Å². The molecule has 0 heterocycles. The summed E-state index contributed by atoms with van der Waals surface area (Å²) < 4.78 is 5.48. The first-order valence-electron chi connectivity index (χ1n) is 11.1. The highest BCUT2D eigenvalue weighted by atomic mass is 16.5. The van der Waals surface area contributed by atoms with Crippen LogP contribution >= 0.6 is 0 Å². The van der Waals surface area contributed by atoms with E-state index < -0.39 is 0 Å². The van der Waals surface area contributed by atoms with Gasteiger partial charge in [-0.2, -0.15) is 0 Å². The van der Waals surface area contributed by atoms with Crippen LogP contribution in [0, 0.1) is 17.8 Å². The van der Waals surface area contributed by atoms with Gasteiger partial charge in [0.25, 0.3) is 0 Å². The van der Waals surface area contributed by atoms with Crippen molar-refractivity contribution in [2.24, 2.45) is 5.92 Å². The number of rotatable bonds is 7. The van der Waals surface area contributed by atoms with Crippen molar-refractivity contribution in [1.29, 1.82) is 0 Å². The fourth-order valence-electron chi connectivity index (χ4n) is 4.25. The number of benzene rings is 2. The topological polar surface area (TPSA) is 9.23 Å². The van der Waals surface area contributed by atoms with Crippen LogP contribution in [0.3, 0.4) is 0 Å². The summed E-state index contributed by atoms with van der Waals surface area (Å²) in [6.07, 6.45) is 11.1. The van der Waals surface area contributed by atoms with E-state index in [1.54, 1.807) is 0 Å². The molecular formula is C27H34O. The molecule has 148 valence electrons. The molecule has 0 radical (unpaired) electrons. The Labute approximate surface area is 171 Å². The summed E-state index contributed by atoms with van der Waals surface area (Å²) in [6.45, 7) is 4.98. The van der Waals surface area contributed by atoms with Gasteiger partial charge in [-0.25, -0.2) is 0 Å². The third-order valence-corrected chi connectivity index (χ3v) is 5.96. The highest BCUT2D eigenvalue weighted by molar-refractivity contribution is 5.45. The quantitative estimate of drug-likeness (QED) is 0.364. The molecule has 2 aromatic carbocycles. The van der Waals surface area contributed by atoms with Gasteiger partial charge in [0.2, 0.25) is 0 Å². The number of hydrogen-bond acceptors (Lipinski definition) is 1. The SMILES string of the molecule is CCCCC[C@H]1CC[C@H](c2ccc(C#Cc3ccc(OCC)cc3)cc2)CC1. The van der Waals surface area contributed by atoms with Gasteiger partial charge in [0.15, 0.2) is 0 Å². The Morgan fingerprint density at radius 2 is 1.39 bits per heavy atom. The van der Waals surface area contributed by atoms with E-state index in [2.05, 4.69) is 43.0 Å². The zero-order chi connectivity index (χ0) is 19.6. The Balaban J connectivity index is 1.52. The molecule has 0 atom stereocenters. The van der Waals surface area contributed by atoms with E-state index in [1.165, 1.54) is 56.9 Å². The van der Waals surface area contributed by atoms with Crippen LogP contribution in [0.15, 0.2) is 48.5 Å². The van der Waals surface area contributed by atoms with Crippen LogP contribution < -0.4 is 4.74 Å². The fourth-order valence-corrected chi connectivity index (χ4v) is 4.25. The molecule has 1 fully saturated rings. The third kappa shape index (κ3) is 6.16.